The minimum absolute atomic E-state index is 0.331. The molecule has 0 saturated carbocycles. The summed E-state index contributed by atoms with van der Waals surface area (Å²) in [6, 6.07) is -1.30. The number of amides is 3. The van der Waals surface area contributed by atoms with Crippen molar-refractivity contribution in [1.82, 2.24) is 15.5 Å². The first-order valence-corrected chi connectivity index (χ1v) is 6.45. The summed E-state index contributed by atoms with van der Waals surface area (Å²) in [5, 5.41) is 14.1. The van der Waals surface area contributed by atoms with Crippen LogP contribution >= 0.6 is 0 Å². The van der Waals surface area contributed by atoms with Crippen LogP contribution < -0.4 is 10.6 Å². The largest absolute Gasteiger partial charge is 0.481 e. The van der Waals surface area contributed by atoms with Gasteiger partial charge < -0.3 is 20.6 Å². The molecular weight excluding hydrogens is 250 g/mol. The van der Waals surface area contributed by atoms with Crippen LogP contribution in [-0.4, -0.2) is 53.6 Å². The van der Waals surface area contributed by atoms with Crippen molar-refractivity contribution in [1.29, 1.82) is 0 Å². The molecule has 1 saturated heterocycles. The number of carbonyl (C=O) groups excluding carboxylic acids is 2. The summed E-state index contributed by atoms with van der Waals surface area (Å²) < 4.78 is 0. The van der Waals surface area contributed by atoms with Crippen LogP contribution in [0.25, 0.3) is 0 Å². The number of nitrogens with one attached hydrogen (secondary N) is 2. The van der Waals surface area contributed by atoms with E-state index < -0.39 is 17.9 Å². The third kappa shape index (κ3) is 4.76. The van der Waals surface area contributed by atoms with E-state index in [0.29, 0.717) is 25.6 Å². The number of nitrogens with zero attached hydrogens (tertiary/aromatic N) is 1. The molecule has 0 aliphatic carbocycles. The smallest absolute Gasteiger partial charge is 0.318 e. The lowest BCUT2D eigenvalue weighted by Gasteiger charge is -2.34. The average Bonchev–Trinajstić information content (AvgIpc) is 2.30. The Kier molecular flexibility index (Phi) is 5.59. The molecule has 1 atom stereocenters. The number of aliphatic carboxylic acids is 1. The van der Waals surface area contributed by atoms with Crippen molar-refractivity contribution in [2.75, 3.05) is 19.6 Å². The predicted molar refractivity (Wildman–Crippen MR) is 68.6 cm³/mol. The van der Waals surface area contributed by atoms with Gasteiger partial charge in [-0.15, -0.1) is 0 Å². The van der Waals surface area contributed by atoms with Gasteiger partial charge in [-0.2, -0.15) is 0 Å². The van der Waals surface area contributed by atoms with Crippen LogP contribution in [0.4, 0.5) is 4.79 Å². The Bertz CT molecular complexity index is 357. The minimum atomic E-state index is -1.10. The summed E-state index contributed by atoms with van der Waals surface area (Å²) in [6.07, 6.45) is 0.471. The summed E-state index contributed by atoms with van der Waals surface area (Å²) in [6.45, 7) is 5.31. The molecule has 1 fully saturated rings. The van der Waals surface area contributed by atoms with Gasteiger partial charge in [-0.3, -0.25) is 9.59 Å². The molecule has 0 aromatic heterocycles. The van der Waals surface area contributed by atoms with E-state index in [1.807, 2.05) is 13.8 Å². The molecule has 1 heterocycles. The number of rotatable bonds is 5. The lowest BCUT2D eigenvalue weighted by atomic mass is 10.1. The molecule has 1 rings (SSSR count). The lowest BCUT2D eigenvalue weighted by molar-refractivity contribution is -0.142. The fourth-order valence-corrected chi connectivity index (χ4v) is 1.90. The zero-order valence-electron chi connectivity index (χ0n) is 11.3. The third-order valence-electron chi connectivity index (χ3n) is 2.96. The van der Waals surface area contributed by atoms with Crippen LogP contribution in [0.3, 0.4) is 0 Å². The normalized spacial score (nSPS) is 19.2. The second-order valence-corrected chi connectivity index (χ2v) is 5.01. The SMILES string of the molecule is CC(C)CCNC(=O)N1CCNC(=O)C1CC(=O)O. The van der Waals surface area contributed by atoms with Crippen LogP contribution in [0, 0.1) is 5.92 Å². The van der Waals surface area contributed by atoms with Gasteiger partial charge in [0.25, 0.3) is 0 Å². The molecule has 0 aromatic rings. The molecule has 3 amide bonds. The third-order valence-corrected chi connectivity index (χ3v) is 2.96. The minimum Gasteiger partial charge on any atom is -0.481 e. The summed E-state index contributed by atoms with van der Waals surface area (Å²) in [5.74, 6) is -1.03. The Morgan fingerprint density at radius 3 is 2.79 bits per heavy atom. The molecule has 3 N–H and O–H groups in total. The standard InChI is InChI=1S/C12H21N3O4/c1-8(2)3-4-14-12(19)15-6-5-13-11(18)9(15)7-10(16)17/h8-9H,3-7H2,1-2H3,(H,13,18)(H,14,19)(H,16,17). The number of carboxylic acid groups (broad SMARTS) is 1. The van der Waals surface area contributed by atoms with Crippen molar-refractivity contribution in [2.24, 2.45) is 5.92 Å². The predicted octanol–water partition coefficient (Wildman–Crippen LogP) is 0.0172. The summed E-state index contributed by atoms with van der Waals surface area (Å²) >= 11 is 0. The van der Waals surface area contributed by atoms with Crippen LogP contribution in [0.5, 0.6) is 0 Å². The molecule has 0 radical (unpaired) electrons. The van der Waals surface area contributed by atoms with Gasteiger partial charge in [0.1, 0.15) is 6.04 Å². The van der Waals surface area contributed by atoms with Crippen LogP contribution in [0.1, 0.15) is 26.7 Å². The second-order valence-electron chi connectivity index (χ2n) is 5.01. The Hall–Kier alpha value is -1.79. The average molecular weight is 271 g/mol. The summed E-state index contributed by atoms with van der Waals surface area (Å²) in [7, 11) is 0. The molecule has 7 nitrogen and oxygen atoms in total. The van der Waals surface area contributed by atoms with Gasteiger partial charge in [-0.05, 0) is 12.3 Å². The van der Waals surface area contributed by atoms with E-state index >= 15 is 0 Å². The maximum atomic E-state index is 12.0. The fourth-order valence-electron chi connectivity index (χ4n) is 1.90. The quantitative estimate of drug-likeness (QED) is 0.656. The maximum absolute atomic E-state index is 12.0. The molecule has 1 aliphatic rings. The fraction of sp³-hybridized carbons (Fsp3) is 0.750. The highest BCUT2D eigenvalue weighted by Crippen LogP contribution is 2.09. The van der Waals surface area contributed by atoms with Crippen LogP contribution in [0.2, 0.25) is 0 Å². The van der Waals surface area contributed by atoms with Gasteiger partial charge in [-0.25, -0.2) is 4.79 Å². The number of hydrogen-bond donors (Lipinski definition) is 3. The molecule has 7 heteroatoms. The van der Waals surface area contributed by atoms with Gasteiger partial charge in [0.2, 0.25) is 5.91 Å². The van der Waals surface area contributed by atoms with Crippen molar-refractivity contribution in [3.05, 3.63) is 0 Å². The molecule has 1 aliphatic heterocycles. The highest BCUT2D eigenvalue weighted by atomic mass is 16.4. The summed E-state index contributed by atoms with van der Waals surface area (Å²) in [4.78, 5) is 35.6. The van der Waals surface area contributed by atoms with E-state index in [4.69, 9.17) is 5.11 Å². The number of carbonyl (C=O) groups is 3. The molecule has 19 heavy (non-hydrogen) atoms. The monoisotopic (exact) mass is 271 g/mol. The highest BCUT2D eigenvalue weighted by molar-refractivity contribution is 5.91. The van der Waals surface area contributed by atoms with Gasteiger partial charge in [0.15, 0.2) is 0 Å². The van der Waals surface area contributed by atoms with Crippen molar-refractivity contribution in [3.8, 4) is 0 Å². The van der Waals surface area contributed by atoms with Gasteiger partial charge >= 0.3 is 12.0 Å². The van der Waals surface area contributed by atoms with Crippen molar-refractivity contribution >= 4 is 17.9 Å². The van der Waals surface area contributed by atoms with Gasteiger partial charge in [0.05, 0.1) is 6.42 Å². The van der Waals surface area contributed by atoms with Crippen LogP contribution in [-0.2, 0) is 9.59 Å². The number of urea groups is 1. The highest BCUT2D eigenvalue weighted by Gasteiger charge is 2.34. The number of hydrogen-bond acceptors (Lipinski definition) is 3. The van der Waals surface area contributed by atoms with Crippen molar-refractivity contribution < 1.29 is 19.5 Å². The van der Waals surface area contributed by atoms with Crippen molar-refractivity contribution in [2.45, 2.75) is 32.7 Å². The first kappa shape index (κ1) is 15.3. The Labute approximate surface area is 112 Å². The number of piperazine rings is 1. The Morgan fingerprint density at radius 1 is 1.53 bits per heavy atom. The topological polar surface area (TPSA) is 98.7 Å². The molecule has 0 spiro atoms. The Balaban J connectivity index is 2.58. The lowest BCUT2D eigenvalue weighted by Crippen LogP contribution is -2.60. The van der Waals surface area contributed by atoms with E-state index in [0.717, 1.165) is 6.42 Å². The second kappa shape index (κ2) is 6.96. The molecule has 1 unspecified atom stereocenters. The summed E-state index contributed by atoms with van der Waals surface area (Å²) in [5.41, 5.74) is 0. The molecule has 108 valence electrons. The molecular formula is C12H21N3O4. The van der Waals surface area contributed by atoms with Crippen molar-refractivity contribution in [3.63, 3.8) is 0 Å². The van der Waals surface area contributed by atoms with E-state index in [9.17, 15) is 14.4 Å². The zero-order chi connectivity index (χ0) is 14.4. The van der Waals surface area contributed by atoms with E-state index in [1.54, 1.807) is 0 Å². The maximum Gasteiger partial charge on any atom is 0.318 e. The first-order valence-electron chi connectivity index (χ1n) is 6.45. The Morgan fingerprint density at radius 2 is 2.21 bits per heavy atom. The van der Waals surface area contributed by atoms with Gasteiger partial charge in [0, 0.05) is 19.6 Å². The van der Waals surface area contributed by atoms with Gasteiger partial charge in [-0.1, -0.05) is 13.8 Å². The zero-order valence-corrected chi connectivity index (χ0v) is 11.3. The first-order chi connectivity index (χ1) is 8.91. The van der Waals surface area contributed by atoms with E-state index in [2.05, 4.69) is 10.6 Å². The van der Waals surface area contributed by atoms with Crippen LogP contribution in [0.15, 0.2) is 0 Å². The number of carboxylic acids is 1. The molecule has 0 bridgehead atoms. The van der Waals surface area contributed by atoms with E-state index in [-0.39, 0.29) is 12.5 Å². The van der Waals surface area contributed by atoms with E-state index in [1.165, 1.54) is 4.90 Å². The molecule has 0 aromatic carbocycles.